The number of hydrogen-bond donors (Lipinski definition) is 2. The molecule has 118 valence electrons. The van der Waals surface area contributed by atoms with Crippen LogP contribution in [-0.4, -0.2) is 41.7 Å². The molecule has 1 aliphatic rings. The van der Waals surface area contributed by atoms with Crippen molar-refractivity contribution in [3.63, 3.8) is 0 Å². The Morgan fingerprint density at radius 2 is 1.95 bits per heavy atom. The topological polar surface area (TPSA) is 61.8 Å². The van der Waals surface area contributed by atoms with Gasteiger partial charge >= 0.3 is 0 Å². The zero-order valence-corrected chi connectivity index (χ0v) is 14.9. The van der Waals surface area contributed by atoms with E-state index in [2.05, 4.69) is 16.8 Å². The number of nitrogens with two attached hydrogens (primary N) is 1. The van der Waals surface area contributed by atoms with E-state index < -0.39 is 6.10 Å². The van der Waals surface area contributed by atoms with E-state index in [9.17, 15) is 5.11 Å². The van der Waals surface area contributed by atoms with Crippen LogP contribution in [0.1, 0.15) is 25.3 Å². The standard InChI is InChI=1S/C16H25N3O.HI/c1-13-7-9-19(10-8-13)16(17)18-12-15(20)11-14-5-3-2-4-6-14;/h2-6,13,15,20H,7-12H2,1H3,(H2,17,18);1H. The average molecular weight is 403 g/mol. The van der Waals surface area contributed by atoms with E-state index in [-0.39, 0.29) is 24.0 Å². The summed E-state index contributed by atoms with van der Waals surface area (Å²) in [6, 6.07) is 9.97. The van der Waals surface area contributed by atoms with E-state index in [1.807, 2.05) is 30.3 Å². The van der Waals surface area contributed by atoms with Crippen molar-refractivity contribution in [3.8, 4) is 0 Å². The summed E-state index contributed by atoms with van der Waals surface area (Å²) in [6.07, 6.45) is 2.49. The van der Waals surface area contributed by atoms with E-state index in [1.165, 1.54) is 12.8 Å². The van der Waals surface area contributed by atoms with Gasteiger partial charge in [0.25, 0.3) is 0 Å². The third-order valence-corrected chi connectivity index (χ3v) is 3.89. The molecule has 1 saturated heterocycles. The van der Waals surface area contributed by atoms with Crippen LogP contribution in [0.4, 0.5) is 0 Å². The maximum Gasteiger partial charge on any atom is 0.191 e. The Morgan fingerprint density at radius 3 is 2.57 bits per heavy atom. The summed E-state index contributed by atoms with van der Waals surface area (Å²) in [5, 5.41) is 10.0. The number of aliphatic hydroxyl groups is 1. The fourth-order valence-corrected chi connectivity index (χ4v) is 2.49. The van der Waals surface area contributed by atoms with Crippen molar-refractivity contribution in [2.75, 3.05) is 19.6 Å². The molecule has 1 unspecified atom stereocenters. The van der Waals surface area contributed by atoms with Crippen molar-refractivity contribution in [2.24, 2.45) is 16.6 Å². The van der Waals surface area contributed by atoms with Crippen molar-refractivity contribution >= 4 is 29.9 Å². The molecule has 1 fully saturated rings. The number of rotatable bonds is 4. The van der Waals surface area contributed by atoms with Crippen LogP contribution in [0.3, 0.4) is 0 Å². The van der Waals surface area contributed by atoms with Gasteiger partial charge in [-0.25, -0.2) is 0 Å². The van der Waals surface area contributed by atoms with Gasteiger partial charge in [0.15, 0.2) is 5.96 Å². The molecule has 1 atom stereocenters. The van der Waals surface area contributed by atoms with Gasteiger partial charge in [0.05, 0.1) is 12.6 Å². The number of hydrogen-bond acceptors (Lipinski definition) is 2. The van der Waals surface area contributed by atoms with Crippen LogP contribution in [0.25, 0.3) is 0 Å². The summed E-state index contributed by atoms with van der Waals surface area (Å²) in [7, 11) is 0. The number of benzene rings is 1. The van der Waals surface area contributed by atoms with Crippen LogP contribution in [0.15, 0.2) is 35.3 Å². The van der Waals surface area contributed by atoms with E-state index in [0.717, 1.165) is 24.6 Å². The Kier molecular flexibility index (Phi) is 8.03. The molecule has 0 aromatic heterocycles. The molecule has 1 heterocycles. The molecular weight excluding hydrogens is 377 g/mol. The maximum atomic E-state index is 10.0. The molecule has 5 heteroatoms. The second-order valence-corrected chi connectivity index (χ2v) is 5.71. The number of aliphatic imine (C=N–C) groups is 1. The molecule has 1 aromatic carbocycles. The molecule has 2 rings (SSSR count). The number of halogens is 1. The summed E-state index contributed by atoms with van der Waals surface area (Å²) in [5.74, 6) is 1.35. The number of aliphatic hydroxyl groups excluding tert-OH is 1. The first kappa shape index (κ1) is 18.2. The minimum absolute atomic E-state index is 0. The van der Waals surface area contributed by atoms with Gasteiger partial charge in [-0.3, -0.25) is 4.99 Å². The predicted octanol–water partition coefficient (Wildman–Crippen LogP) is 2.25. The summed E-state index contributed by atoms with van der Waals surface area (Å²) < 4.78 is 0. The molecule has 3 N–H and O–H groups in total. The summed E-state index contributed by atoms with van der Waals surface area (Å²) >= 11 is 0. The van der Waals surface area contributed by atoms with Gasteiger partial charge in [-0.15, -0.1) is 24.0 Å². The lowest BCUT2D eigenvalue weighted by atomic mass is 10.00. The highest BCUT2D eigenvalue weighted by molar-refractivity contribution is 14.0. The minimum Gasteiger partial charge on any atom is -0.391 e. The first-order chi connectivity index (χ1) is 9.65. The summed E-state index contributed by atoms with van der Waals surface area (Å²) in [4.78, 5) is 6.46. The van der Waals surface area contributed by atoms with E-state index in [1.54, 1.807) is 0 Å². The SMILES string of the molecule is CC1CCN(C(N)=NCC(O)Cc2ccccc2)CC1.I. The first-order valence-electron chi connectivity index (χ1n) is 7.42. The molecule has 1 aromatic rings. The maximum absolute atomic E-state index is 10.0. The molecule has 4 nitrogen and oxygen atoms in total. The molecule has 0 spiro atoms. The number of piperidine rings is 1. The smallest absolute Gasteiger partial charge is 0.191 e. The Morgan fingerprint density at radius 1 is 1.33 bits per heavy atom. The molecule has 21 heavy (non-hydrogen) atoms. The lowest BCUT2D eigenvalue weighted by Crippen LogP contribution is -2.42. The fraction of sp³-hybridized carbons (Fsp3) is 0.562. The largest absolute Gasteiger partial charge is 0.391 e. The van der Waals surface area contributed by atoms with Gasteiger partial charge in [0.2, 0.25) is 0 Å². The van der Waals surface area contributed by atoms with Crippen LogP contribution >= 0.6 is 24.0 Å². The van der Waals surface area contributed by atoms with Crippen LogP contribution in [0, 0.1) is 5.92 Å². The zero-order valence-electron chi connectivity index (χ0n) is 12.6. The number of guanidine groups is 1. The van der Waals surface area contributed by atoms with E-state index in [4.69, 9.17) is 5.73 Å². The van der Waals surface area contributed by atoms with Crippen molar-refractivity contribution in [1.29, 1.82) is 0 Å². The molecule has 0 bridgehead atoms. The molecule has 1 aliphatic heterocycles. The number of likely N-dealkylation sites (tertiary alicyclic amines) is 1. The van der Waals surface area contributed by atoms with Crippen molar-refractivity contribution < 1.29 is 5.11 Å². The molecular formula is C16H26IN3O. The highest BCUT2D eigenvalue weighted by atomic mass is 127. The van der Waals surface area contributed by atoms with Crippen molar-refractivity contribution in [3.05, 3.63) is 35.9 Å². The predicted molar refractivity (Wildman–Crippen MR) is 98.0 cm³/mol. The van der Waals surface area contributed by atoms with Gasteiger partial charge in [-0.2, -0.15) is 0 Å². The monoisotopic (exact) mass is 403 g/mol. The highest BCUT2D eigenvalue weighted by Gasteiger charge is 2.17. The quantitative estimate of drug-likeness (QED) is 0.461. The Bertz CT molecular complexity index is 430. The van der Waals surface area contributed by atoms with Crippen molar-refractivity contribution in [1.82, 2.24) is 4.90 Å². The first-order valence-corrected chi connectivity index (χ1v) is 7.42. The Balaban J connectivity index is 0.00000220. The number of nitrogens with zero attached hydrogens (tertiary/aromatic N) is 2. The van der Waals surface area contributed by atoms with E-state index >= 15 is 0 Å². The lowest BCUT2D eigenvalue weighted by molar-refractivity contribution is 0.183. The van der Waals surface area contributed by atoms with Crippen LogP contribution < -0.4 is 5.73 Å². The van der Waals surface area contributed by atoms with Gasteiger partial charge in [-0.05, 0) is 24.3 Å². The molecule has 0 amide bonds. The Labute approximate surface area is 144 Å². The van der Waals surface area contributed by atoms with Gasteiger partial charge in [0.1, 0.15) is 0 Å². The normalized spacial score (nSPS) is 18.2. The molecule has 0 radical (unpaired) electrons. The summed E-state index contributed by atoms with van der Waals surface area (Å²) in [6.45, 7) is 4.59. The zero-order chi connectivity index (χ0) is 14.4. The summed E-state index contributed by atoms with van der Waals surface area (Å²) in [5.41, 5.74) is 7.13. The lowest BCUT2D eigenvalue weighted by Gasteiger charge is -2.31. The van der Waals surface area contributed by atoms with Crippen LogP contribution in [0.2, 0.25) is 0 Å². The van der Waals surface area contributed by atoms with Gasteiger partial charge < -0.3 is 15.7 Å². The van der Waals surface area contributed by atoms with Gasteiger partial charge in [0, 0.05) is 19.5 Å². The van der Waals surface area contributed by atoms with Crippen molar-refractivity contribution in [2.45, 2.75) is 32.3 Å². The average Bonchev–Trinajstić information content (AvgIpc) is 2.46. The van der Waals surface area contributed by atoms with E-state index in [0.29, 0.717) is 18.9 Å². The second kappa shape index (κ2) is 9.25. The highest BCUT2D eigenvalue weighted by Crippen LogP contribution is 2.15. The third-order valence-electron chi connectivity index (χ3n) is 3.89. The molecule has 0 aliphatic carbocycles. The van der Waals surface area contributed by atoms with Crippen LogP contribution in [0.5, 0.6) is 0 Å². The molecule has 0 saturated carbocycles. The van der Waals surface area contributed by atoms with Crippen LogP contribution in [-0.2, 0) is 6.42 Å². The van der Waals surface area contributed by atoms with Gasteiger partial charge in [-0.1, -0.05) is 37.3 Å². The third kappa shape index (κ3) is 6.22. The fourth-order valence-electron chi connectivity index (χ4n) is 2.49. The second-order valence-electron chi connectivity index (χ2n) is 5.71. The Hall–Kier alpha value is -0.820. The minimum atomic E-state index is -0.473.